The number of carbonyl (C=O) groups is 2. The van der Waals surface area contributed by atoms with Gasteiger partial charge in [0.05, 0.1) is 29.8 Å². The number of nitrogens with zero attached hydrogens (tertiary/aromatic N) is 4. The van der Waals surface area contributed by atoms with E-state index < -0.39 is 23.7 Å². The van der Waals surface area contributed by atoms with Crippen molar-refractivity contribution in [1.82, 2.24) is 9.80 Å². The summed E-state index contributed by atoms with van der Waals surface area (Å²) in [6.45, 7) is 6.57. The van der Waals surface area contributed by atoms with Crippen LogP contribution in [0.5, 0.6) is 0 Å². The first-order valence-electron chi connectivity index (χ1n) is 11.1. The highest BCUT2D eigenvalue weighted by molar-refractivity contribution is 5.78. The second-order valence-corrected chi connectivity index (χ2v) is 9.06. The van der Waals surface area contributed by atoms with Crippen molar-refractivity contribution in [1.29, 1.82) is 10.5 Å². The van der Waals surface area contributed by atoms with Crippen molar-refractivity contribution in [3.8, 4) is 12.1 Å². The van der Waals surface area contributed by atoms with Gasteiger partial charge in [0.25, 0.3) is 0 Å². The van der Waals surface area contributed by atoms with Crippen LogP contribution < -0.4 is 0 Å². The van der Waals surface area contributed by atoms with Gasteiger partial charge in [0.15, 0.2) is 0 Å². The SMILES string of the molecule is CC(C)(C)OC(=O)N1CCN(Cc2ccccc2C#N)[C@H](C(=O)OCc2ccccc2C#N)C1. The monoisotopic (exact) mass is 460 g/mol. The molecule has 8 nitrogen and oxygen atoms in total. The number of hydrogen-bond donors (Lipinski definition) is 0. The minimum Gasteiger partial charge on any atom is -0.460 e. The van der Waals surface area contributed by atoms with Crippen LogP contribution in [-0.2, 0) is 27.4 Å². The van der Waals surface area contributed by atoms with E-state index >= 15 is 0 Å². The number of hydrogen-bond acceptors (Lipinski definition) is 7. The predicted octanol–water partition coefficient (Wildman–Crippen LogP) is 3.59. The van der Waals surface area contributed by atoms with E-state index in [1.54, 1.807) is 57.2 Å². The third-order valence-electron chi connectivity index (χ3n) is 5.43. The van der Waals surface area contributed by atoms with E-state index in [-0.39, 0.29) is 13.2 Å². The van der Waals surface area contributed by atoms with Crippen molar-refractivity contribution < 1.29 is 19.1 Å². The summed E-state index contributed by atoms with van der Waals surface area (Å²) in [5, 5.41) is 18.7. The summed E-state index contributed by atoms with van der Waals surface area (Å²) in [4.78, 5) is 29.3. The molecule has 0 unspecified atom stereocenters. The van der Waals surface area contributed by atoms with Gasteiger partial charge in [-0.25, -0.2) is 4.79 Å². The van der Waals surface area contributed by atoms with E-state index in [1.807, 2.05) is 17.0 Å². The molecule has 0 N–H and O–H groups in total. The molecule has 0 aromatic heterocycles. The topological polar surface area (TPSA) is 107 Å². The lowest BCUT2D eigenvalue weighted by molar-refractivity contribution is -0.154. The van der Waals surface area contributed by atoms with Gasteiger partial charge in [-0.2, -0.15) is 10.5 Å². The van der Waals surface area contributed by atoms with E-state index in [9.17, 15) is 20.1 Å². The molecule has 1 aliphatic rings. The van der Waals surface area contributed by atoms with Crippen LogP contribution in [0.4, 0.5) is 4.79 Å². The van der Waals surface area contributed by atoms with Crippen LogP contribution in [0, 0.1) is 22.7 Å². The predicted molar refractivity (Wildman–Crippen MR) is 124 cm³/mol. The molecule has 1 atom stereocenters. The molecule has 2 aromatic rings. The Bertz CT molecular complexity index is 1130. The summed E-state index contributed by atoms with van der Waals surface area (Å²) in [6.07, 6.45) is -0.489. The van der Waals surface area contributed by atoms with E-state index in [0.717, 1.165) is 5.56 Å². The Morgan fingerprint density at radius 2 is 1.56 bits per heavy atom. The third kappa shape index (κ3) is 6.34. The number of amides is 1. The molecule has 0 saturated carbocycles. The fourth-order valence-corrected chi connectivity index (χ4v) is 3.71. The van der Waals surface area contributed by atoms with Crippen molar-refractivity contribution in [2.45, 2.75) is 45.6 Å². The van der Waals surface area contributed by atoms with Crippen LogP contribution in [0.25, 0.3) is 0 Å². The number of esters is 1. The Kier molecular flexibility index (Phi) is 7.88. The normalized spacial score (nSPS) is 16.3. The number of nitriles is 2. The van der Waals surface area contributed by atoms with Crippen LogP contribution >= 0.6 is 0 Å². The molecule has 0 bridgehead atoms. The van der Waals surface area contributed by atoms with Gasteiger partial charge in [-0.05, 0) is 38.5 Å². The highest BCUT2D eigenvalue weighted by Crippen LogP contribution is 2.20. The Labute approximate surface area is 199 Å². The number of ether oxygens (including phenoxy) is 2. The first-order chi connectivity index (χ1) is 16.2. The molecular formula is C26H28N4O4. The van der Waals surface area contributed by atoms with Gasteiger partial charge in [0.1, 0.15) is 18.2 Å². The first kappa shape index (κ1) is 24.8. The van der Waals surface area contributed by atoms with Gasteiger partial charge < -0.3 is 14.4 Å². The highest BCUT2D eigenvalue weighted by Gasteiger charge is 2.37. The molecule has 8 heteroatoms. The second-order valence-electron chi connectivity index (χ2n) is 9.06. The Balaban J connectivity index is 1.79. The lowest BCUT2D eigenvalue weighted by Crippen LogP contribution is -2.58. The average molecular weight is 461 g/mol. The summed E-state index contributed by atoms with van der Waals surface area (Å²) < 4.78 is 11.1. The molecule has 0 aliphatic carbocycles. The summed E-state index contributed by atoms with van der Waals surface area (Å²) >= 11 is 0. The molecule has 1 fully saturated rings. The fraction of sp³-hybridized carbons (Fsp3) is 0.385. The van der Waals surface area contributed by atoms with Crippen LogP contribution in [0.3, 0.4) is 0 Å². The zero-order valence-corrected chi connectivity index (χ0v) is 19.7. The Morgan fingerprint density at radius 3 is 2.18 bits per heavy atom. The molecular weight excluding hydrogens is 432 g/mol. The van der Waals surface area contributed by atoms with Gasteiger partial charge in [0.2, 0.25) is 0 Å². The van der Waals surface area contributed by atoms with E-state index in [1.165, 1.54) is 4.90 Å². The van der Waals surface area contributed by atoms with Crippen molar-refractivity contribution in [3.63, 3.8) is 0 Å². The van der Waals surface area contributed by atoms with Crippen molar-refractivity contribution in [3.05, 3.63) is 70.8 Å². The summed E-state index contributed by atoms with van der Waals surface area (Å²) in [5.41, 5.74) is 1.72. The van der Waals surface area contributed by atoms with Crippen molar-refractivity contribution >= 4 is 12.1 Å². The molecule has 1 aliphatic heterocycles. The molecule has 34 heavy (non-hydrogen) atoms. The average Bonchev–Trinajstić information content (AvgIpc) is 2.82. The minimum atomic E-state index is -0.748. The maximum Gasteiger partial charge on any atom is 0.410 e. The molecule has 1 amide bonds. The molecule has 1 saturated heterocycles. The van der Waals surface area contributed by atoms with E-state index in [0.29, 0.717) is 36.3 Å². The Morgan fingerprint density at radius 1 is 0.971 bits per heavy atom. The largest absolute Gasteiger partial charge is 0.460 e. The lowest BCUT2D eigenvalue weighted by atomic mass is 10.1. The van der Waals surface area contributed by atoms with Crippen molar-refractivity contribution in [2.75, 3.05) is 19.6 Å². The highest BCUT2D eigenvalue weighted by atomic mass is 16.6. The molecule has 0 spiro atoms. The molecule has 1 heterocycles. The zero-order chi connectivity index (χ0) is 24.7. The maximum atomic E-state index is 13.2. The Hall–Kier alpha value is -3.88. The lowest BCUT2D eigenvalue weighted by Gasteiger charge is -2.40. The van der Waals surface area contributed by atoms with Gasteiger partial charge in [-0.1, -0.05) is 36.4 Å². The molecule has 3 rings (SSSR count). The van der Waals surface area contributed by atoms with Crippen LogP contribution in [0.2, 0.25) is 0 Å². The van der Waals surface area contributed by atoms with E-state index in [2.05, 4.69) is 12.1 Å². The minimum absolute atomic E-state index is 0.0475. The number of rotatable bonds is 5. The number of piperazine rings is 1. The standard InChI is InChI=1S/C26H28N4O4/c1-26(2,3)34-25(32)30-13-12-29(16-21-10-6-4-8-19(21)14-27)23(17-30)24(31)33-18-22-11-7-5-9-20(22)15-28/h4-11,23H,12-13,16-18H2,1-3H3/t23-/m0/s1. The molecule has 176 valence electrons. The summed E-state index contributed by atoms with van der Waals surface area (Å²) in [7, 11) is 0. The summed E-state index contributed by atoms with van der Waals surface area (Å²) in [5.74, 6) is -0.504. The van der Waals surface area contributed by atoms with Crippen LogP contribution in [0.15, 0.2) is 48.5 Å². The van der Waals surface area contributed by atoms with E-state index in [4.69, 9.17) is 9.47 Å². The number of benzene rings is 2. The van der Waals surface area contributed by atoms with Gasteiger partial charge in [-0.15, -0.1) is 0 Å². The summed E-state index contributed by atoms with van der Waals surface area (Å²) in [6, 6.07) is 17.7. The van der Waals surface area contributed by atoms with Gasteiger partial charge in [0, 0.05) is 25.2 Å². The molecule has 0 radical (unpaired) electrons. The maximum absolute atomic E-state index is 13.2. The smallest absolute Gasteiger partial charge is 0.410 e. The van der Waals surface area contributed by atoms with Gasteiger partial charge in [-0.3, -0.25) is 9.69 Å². The third-order valence-corrected chi connectivity index (χ3v) is 5.43. The fourth-order valence-electron chi connectivity index (χ4n) is 3.71. The van der Waals surface area contributed by atoms with Gasteiger partial charge >= 0.3 is 12.1 Å². The molecule has 2 aromatic carbocycles. The van der Waals surface area contributed by atoms with Crippen LogP contribution in [-0.4, -0.2) is 53.1 Å². The first-order valence-corrected chi connectivity index (χ1v) is 11.1. The zero-order valence-electron chi connectivity index (χ0n) is 19.7. The quantitative estimate of drug-likeness (QED) is 0.628. The number of carbonyl (C=O) groups excluding carboxylic acids is 2. The van der Waals surface area contributed by atoms with Crippen molar-refractivity contribution in [2.24, 2.45) is 0 Å². The van der Waals surface area contributed by atoms with Crippen LogP contribution in [0.1, 0.15) is 43.0 Å². The second kappa shape index (κ2) is 10.8.